The van der Waals surface area contributed by atoms with Crippen molar-refractivity contribution in [2.45, 2.75) is 37.2 Å². The van der Waals surface area contributed by atoms with E-state index in [0.29, 0.717) is 22.2 Å². The summed E-state index contributed by atoms with van der Waals surface area (Å²) in [7, 11) is 1.86. The molecule has 0 saturated carbocycles. The first-order valence-corrected chi connectivity index (χ1v) is 13.4. The van der Waals surface area contributed by atoms with Crippen LogP contribution in [0.1, 0.15) is 53.1 Å². The lowest BCUT2D eigenvalue weighted by Gasteiger charge is -2.38. The minimum absolute atomic E-state index is 0.0110. The highest BCUT2D eigenvalue weighted by Gasteiger charge is 2.33. The van der Waals surface area contributed by atoms with Gasteiger partial charge in [0, 0.05) is 38.2 Å². The van der Waals surface area contributed by atoms with Crippen LogP contribution in [0.15, 0.2) is 78.9 Å². The molecule has 0 aromatic heterocycles. The quantitative estimate of drug-likeness (QED) is 0.342. The Kier molecular flexibility index (Phi) is 9.08. The molecule has 1 atom stereocenters. The van der Waals surface area contributed by atoms with Crippen LogP contribution in [0, 0.1) is 0 Å². The number of hydrogen-bond donors (Lipinski definition) is 1. The Bertz CT molecular complexity index is 1130. The molecule has 1 fully saturated rings. The fourth-order valence-corrected chi connectivity index (χ4v) is 5.40. The van der Waals surface area contributed by atoms with Crippen molar-refractivity contribution in [3.63, 3.8) is 0 Å². The highest BCUT2D eigenvalue weighted by molar-refractivity contribution is 6.42. The van der Waals surface area contributed by atoms with Crippen molar-refractivity contribution in [1.29, 1.82) is 0 Å². The van der Waals surface area contributed by atoms with Crippen molar-refractivity contribution in [1.82, 2.24) is 9.80 Å². The molecule has 1 amide bonds. The Morgan fingerprint density at radius 1 is 0.972 bits per heavy atom. The van der Waals surface area contributed by atoms with Gasteiger partial charge in [-0.15, -0.1) is 0 Å². The van der Waals surface area contributed by atoms with Gasteiger partial charge in [0.25, 0.3) is 5.91 Å². The Morgan fingerprint density at radius 3 is 2.25 bits per heavy atom. The van der Waals surface area contributed by atoms with Gasteiger partial charge in [0.2, 0.25) is 0 Å². The van der Waals surface area contributed by atoms with E-state index in [1.807, 2.05) is 85.9 Å². The van der Waals surface area contributed by atoms with Gasteiger partial charge in [-0.05, 0) is 67.6 Å². The van der Waals surface area contributed by atoms with Gasteiger partial charge in [-0.1, -0.05) is 77.8 Å². The SMILES string of the molecule is CN(CC(CCCN1CCC(O)(c2ccccc2)CC1)c1ccc(Cl)c(Cl)c1)C(=O)c1ccccc1. The summed E-state index contributed by atoms with van der Waals surface area (Å²) < 4.78 is 0. The van der Waals surface area contributed by atoms with Crippen LogP contribution in [0.25, 0.3) is 0 Å². The molecular weight excluding hydrogens is 491 g/mol. The first-order valence-electron chi connectivity index (χ1n) is 12.6. The summed E-state index contributed by atoms with van der Waals surface area (Å²) in [6.45, 7) is 3.29. The Balaban J connectivity index is 1.36. The monoisotopic (exact) mass is 524 g/mol. The third-order valence-electron chi connectivity index (χ3n) is 7.30. The number of benzene rings is 3. The standard InChI is InChI=1S/C30H34Cl2N2O2/c1-33(29(35)23-9-4-2-5-10-23)22-25(24-14-15-27(31)28(32)21-24)11-8-18-34-19-16-30(36,17-20-34)26-12-6-3-7-13-26/h2-7,9-10,12-15,21,25,36H,8,11,16-20,22H2,1H3. The van der Waals surface area contributed by atoms with E-state index >= 15 is 0 Å². The molecule has 0 spiro atoms. The molecule has 0 radical (unpaired) electrons. The first-order chi connectivity index (χ1) is 17.4. The number of hydrogen-bond acceptors (Lipinski definition) is 3. The molecular formula is C30H34Cl2N2O2. The van der Waals surface area contributed by atoms with Crippen LogP contribution in [-0.4, -0.2) is 54.0 Å². The number of aliphatic hydroxyl groups is 1. The number of carbonyl (C=O) groups is 1. The van der Waals surface area contributed by atoms with Gasteiger partial charge in [0.15, 0.2) is 0 Å². The minimum Gasteiger partial charge on any atom is -0.385 e. The third kappa shape index (κ3) is 6.68. The van der Waals surface area contributed by atoms with E-state index in [-0.39, 0.29) is 11.8 Å². The van der Waals surface area contributed by atoms with E-state index < -0.39 is 5.60 Å². The van der Waals surface area contributed by atoms with Crippen LogP contribution in [0.4, 0.5) is 0 Å². The number of rotatable bonds is 9. The molecule has 190 valence electrons. The molecule has 36 heavy (non-hydrogen) atoms. The van der Waals surface area contributed by atoms with Crippen molar-refractivity contribution in [3.05, 3.63) is 106 Å². The number of likely N-dealkylation sites (tertiary alicyclic amines) is 1. The maximum Gasteiger partial charge on any atom is 0.253 e. The van der Waals surface area contributed by atoms with Crippen molar-refractivity contribution in [2.24, 2.45) is 0 Å². The first kappa shape index (κ1) is 26.7. The van der Waals surface area contributed by atoms with Gasteiger partial charge >= 0.3 is 0 Å². The van der Waals surface area contributed by atoms with Crippen molar-refractivity contribution < 1.29 is 9.90 Å². The highest BCUT2D eigenvalue weighted by atomic mass is 35.5. The molecule has 0 aliphatic carbocycles. The summed E-state index contributed by atoms with van der Waals surface area (Å²) in [6.07, 6.45) is 3.38. The molecule has 1 N–H and O–H groups in total. The second-order valence-corrected chi connectivity index (χ2v) is 10.6. The third-order valence-corrected chi connectivity index (χ3v) is 8.04. The highest BCUT2D eigenvalue weighted by Crippen LogP contribution is 2.33. The average molecular weight is 526 g/mol. The zero-order valence-corrected chi connectivity index (χ0v) is 22.3. The summed E-state index contributed by atoms with van der Waals surface area (Å²) >= 11 is 12.5. The fraction of sp³-hybridized carbons (Fsp3) is 0.367. The summed E-state index contributed by atoms with van der Waals surface area (Å²) in [5.41, 5.74) is 2.05. The predicted octanol–water partition coefficient (Wildman–Crippen LogP) is 6.61. The van der Waals surface area contributed by atoms with Crippen LogP contribution in [0.3, 0.4) is 0 Å². The van der Waals surface area contributed by atoms with E-state index in [0.717, 1.165) is 56.4 Å². The maximum atomic E-state index is 13.0. The molecule has 1 unspecified atom stereocenters. The summed E-state index contributed by atoms with van der Waals surface area (Å²) in [5, 5.41) is 12.2. The number of likely N-dealkylation sites (N-methyl/N-ethyl adjacent to an activating group) is 1. The molecule has 4 rings (SSSR count). The molecule has 1 aliphatic rings. The molecule has 6 heteroatoms. The van der Waals surface area contributed by atoms with E-state index in [9.17, 15) is 9.90 Å². The number of piperidine rings is 1. The Labute approximate surface area is 224 Å². The summed E-state index contributed by atoms with van der Waals surface area (Å²) in [5.74, 6) is 0.153. The lowest BCUT2D eigenvalue weighted by Crippen LogP contribution is -2.43. The van der Waals surface area contributed by atoms with Crippen molar-refractivity contribution >= 4 is 29.1 Å². The Morgan fingerprint density at radius 2 is 1.61 bits per heavy atom. The van der Waals surface area contributed by atoms with Crippen LogP contribution in [0.2, 0.25) is 10.0 Å². The lowest BCUT2D eigenvalue weighted by molar-refractivity contribution is -0.0261. The van der Waals surface area contributed by atoms with Crippen molar-refractivity contribution in [2.75, 3.05) is 33.2 Å². The van der Waals surface area contributed by atoms with Gasteiger partial charge in [0.1, 0.15) is 0 Å². The van der Waals surface area contributed by atoms with Gasteiger partial charge in [0.05, 0.1) is 15.6 Å². The van der Waals surface area contributed by atoms with Gasteiger partial charge in [-0.25, -0.2) is 0 Å². The normalized spacial score (nSPS) is 16.4. The molecule has 1 heterocycles. The predicted molar refractivity (Wildman–Crippen MR) is 148 cm³/mol. The largest absolute Gasteiger partial charge is 0.385 e. The minimum atomic E-state index is -0.735. The van der Waals surface area contributed by atoms with Crippen LogP contribution in [0.5, 0.6) is 0 Å². The summed E-state index contributed by atoms with van der Waals surface area (Å²) in [4.78, 5) is 17.2. The molecule has 4 nitrogen and oxygen atoms in total. The zero-order valence-electron chi connectivity index (χ0n) is 20.7. The number of nitrogens with zero attached hydrogens (tertiary/aromatic N) is 2. The Hall–Kier alpha value is -2.37. The molecule has 3 aromatic carbocycles. The molecule has 3 aromatic rings. The van der Waals surface area contributed by atoms with Gasteiger partial charge in [-0.2, -0.15) is 0 Å². The number of halogens is 2. The van der Waals surface area contributed by atoms with E-state index in [4.69, 9.17) is 23.2 Å². The fourth-order valence-electron chi connectivity index (χ4n) is 5.09. The second kappa shape index (κ2) is 12.2. The van der Waals surface area contributed by atoms with Crippen molar-refractivity contribution in [3.8, 4) is 0 Å². The molecule has 0 bridgehead atoms. The zero-order chi connectivity index (χ0) is 25.5. The van der Waals surface area contributed by atoms with Gasteiger partial charge < -0.3 is 14.9 Å². The number of carbonyl (C=O) groups excluding carboxylic acids is 1. The van der Waals surface area contributed by atoms with Crippen LogP contribution in [-0.2, 0) is 5.60 Å². The maximum absolute atomic E-state index is 13.0. The van der Waals surface area contributed by atoms with Crippen LogP contribution < -0.4 is 0 Å². The summed E-state index contributed by atoms with van der Waals surface area (Å²) in [6, 6.07) is 25.1. The number of amides is 1. The average Bonchev–Trinajstić information content (AvgIpc) is 2.91. The van der Waals surface area contributed by atoms with E-state index in [2.05, 4.69) is 4.90 Å². The molecule has 1 saturated heterocycles. The van der Waals surface area contributed by atoms with Gasteiger partial charge in [-0.3, -0.25) is 4.79 Å². The molecule has 1 aliphatic heterocycles. The lowest BCUT2D eigenvalue weighted by atomic mass is 9.84. The van der Waals surface area contributed by atoms with Crippen LogP contribution >= 0.6 is 23.2 Å². The van der Waals surface area contributed by atoms with E-state index in [1.165, 1.54) is 0 Å². The smallest absolute Gasteiger partial charge is 0.253 e. The van der Waals surface area contributed by atoms with E-state index in [1.54, 1.807) is 4.90 Å². The second-order valence-electron chi connectivity index (χ2n) is 9.80. The topological polar surface area (TPSA) is 43.8 Å².